The molecule has 1 aromatic carbocycles. The van der Waals surface area contributed by atoms with Crippen molar-refractivity contribution in [1.29, 1.82) is 0 Å². The molecule has 32 heavy (non-hydrogen) atoms. The lowest BCUT2D eigenvalue weighted by atomic mass is 9.99. The normalized spacial score (nSPS) is 20.8. The summed E-state index contributed by atoms with van der Waals surface area (Å²) in [4.78, 5) is 12.3. The van der Waals surface area contributed by atoms with Crippen LogP contribution in [0.4, 0.5) is 0 Å². The first-order chi connectivity index (χ1) is 15.6. The van der Waals surface area contributed by atoms with Gasteiger partial charge in [-0.2, -0.15) is 0 Å². The van der Waals surface area contributed by atoms with Gasteiger partial charge in [0.25, 0.3) is 0 Å². The summed E-state index contributed by atoms with van der Waals surface area (Å²) in [5.74, 6) is 0.843. The fourth-order valence-corrected chi connectivity index (χ4v) is 4.61. The van der Waals surface area contributed by atoms with Crippen LogP contribution in [-0.4, -0.2) is 63.1 Å². The molecule has 0 aliphatic carbocycles. The summed E-state index contributed by atoms with van der Waals surface area (Å²) in [5.41, 5.74) is 1.39. The van der Waals surface area contributed by atoms with Gasteiger partial charge >= 0.3 is 5.97 Å². The van der Waals surface area contributed by atoms with E-state index < -0.39 is 0 Å². The predicted molar refractivity (Wildman–Crippen MR) is 130 cm³/mol. The molecule has 0 saturated carbocycles. The largest absolute Gasteiger partial charge is 0.491 e. The van der Waals surface area contributed by atoms with E-state index in [9.17, 15) is 4.79 Å². The molecule has 2 rings (SSSR count). The fourth-order valence-electron chi connectivity index (χ4n) is 4.61. The number of likely N-dealkylation sites (N-methyl/N-ethyl adjacent to an activating group) is 1. The maximum atomic E-state index is 12.3. The minimum atomic E-state index is -0.0574. The zero-order valence-corrected chi connectivity index (χ0v) is 20.8. The lowest BCUT2D eigenvalue weighted by Crippen LogP contribution is -2.60. The minimum Gasteiger partial charge on any atom is -0.491 e. The Labute approximate surface area is 196 Å². The zero-order valence-electron chi connectivity index (χ0n) is 20.8. The van der Waals surface area contributed by atoms with E-state index in [0.29, 0.717) is 26.4 Å². The standard InChI is InChI=1S/C27H46NO4/c1-4-6-7-8-9-10-13-24-15-17-25(18-16-24)32-23-22-30-21-20-28(3)19-12-11-14-26(28)27(29)31-5-2/h15-18,26H,4-14,19-23H2,1-3H3/q+1. The van der Waals surface area contributed by atoms with E-state index in [1.165, 1.54) is 44.1 Å². The van der Waals surface area contributed by atoms with Gasteiger partial charge in [0.15, 0.2) is 6.04 Å². The second-order valence-electron chi connectivity index (χ2n) is 9.31. The van der Waals surface area contributed by atoms with E-state index in [1.807, 2.05) is 6.92 Å². The van der Waals surface area contributed by atoms with Gasteiger partial charge in [-0.25, -0.2) is 4.79 Å². The molecule has 1 aliphatic heterocycles. The van der Waals surface area contributed by atoms with Gasteiger partial charge in [-0.15, -0.1) is 0 Å². The van der Waals surface area contributed by atoms with Gasteiger partial charge in [0.05, 0.1) is 33.4 Å². The zero-order chi connectivity index (χ0) is 23.1. The smallest absolute Gasteiger partial charge is 0.364 e. The number of rotatable bonds is 16. The van der Waals surface area contributed by atoms with E-state index in [-0.39, 0.29) is 12.0 Å². The molecular weight excluding hydrogens is 402 g/mol. The van der Waals surface area contributed by atoms with E-state index >= 15 is 0 Å². The molecule has 5 heteroatoms. The highest BCUT2D eigenvalue weighted by molar-refractivity contribution is 5.74. The molecule has 1 saturated heterocycles. The number of unbranched alkanes of at least 4 members (excludes halogenated alkanes) is 5. The third kappa shape index (κ3) is 9.50. The van der Waals surface area contributed by atoms with Crippen LogP contribution in [0.25, 0.3) is 0 Å². The molecule has 0 amide bonds. The Kier molecular flexibility index (Phi) is 12.7. The van der Waals surface area contributed by atoms with Crippen LogP contribution in [0.5, 0.6) is 5.75 Å². The van der Waals surface area contributed by atoms with Gasteiger partial charge in [-0.1, -0.05) is 51.2 Å². The molecule has 0 bridgehead atoms. The number of quaternary nitrogens is 1. The first-order valence-corrected chi connectivity index (χ1v) is 12.9. The molecule has 1 fully saturated rings. The molecule has 0 N–H and O–H groups in total. The number of nitrogens with zero attached hydrogens (tertiary/aromatic N) is 1. The molecule has 1 heterocycles. The van der Waals surface area contributed by atoms with E-state index in [4.69, 9.17) is 14.2 Å². The second kappa shape index (κ2) is 15.3. The van der Waals surface area contributed by atoms with Crippen LogP contribution < -0.4 is 4.74 Å². The molecular formula is C27H46NO4+. The van der Waals surface area contributed by atoms with Crippen molar-refractivity contribution in [3.8, 4) is 5.75 Å². The third-order valence-corrected chi connectivity index (χ3v) is 6.69. The fraction of sp³-hybridized carbons (Fsp3) is 0.741. The number of hydrogen-bond donors (Lipinski definition) is 0. The topological polar surface area (TPSA) is 44.8 Å². The van der Waals surface area contributed by atoms with Gasteiger partial charge in [-0.05, 0) is 50.3 Å². The minimum absolute atomic E-state index is 0.0570. The van der Waals surface area contributed by atoms with Gasteiger partial charge in [0.2, 0.25) is 0 Å². The lowest BCUT2D eigenvalue weighted by Gasteiger charge is -2.43. The predicted octanol–water partition coefficient (Wildman–Crippen LogP) is 5.55. The third-order valence-electron chi connectivity index (χ3n) is 6.69. The Morgan fingerprint density at radius 2 is 1.72 bits per heavy atom. The molecule has 2 atom stereocenters. The summed E-state index contributed by atoms with van der Waals surface area (Å²) >= 11 is 0. The summed E-state index contributed by atoms with van der Waals surface area (Å²) in [5, 5.41) is 0. The van der Waals surface area contributed by atoms with Gasteiger partial charge in [-0.3, -0.25) is 0 Å². The average molecular weight is 449 g/mol. The molecule has 5 nitrogen and oxygen atoms in total. The second-order valence-corrected chi connectivity index (χ2v) is 9.31. The van der Waals surface area contributed by atoms with Crippen molar-refractivity contribution in [2.45, 2.75) is 84.1 Å². The Hall–Kier alpha value is -1.59. The van der Waals surface area contributed by atoms with Crippen molar-refractivity contribution in [3.05, 3.63) is 29.8 Å². The molecule has 182 valence electrons. The van der Waals surface area contributed by atoms with Crippen molar-refractivity contribution in [1.82, 2.24) is 0 Å². The lowest BCUT2D eigenvalue weighted by molar-refractivity contribution is -0.930. The van der Waals surface area contributed by atoms with Crippen LogP contribution in [-0.2, 0) is 20.7 Å². The Balaban J connectivity index is 1.59. The number of hydrogen-bond acceptors (Lipinski definition) is 4. The highest BCUT2D eigenvalue weighted by Crippen LogP contribution is 2.24. The van der Waals surface area contributed by atoms with E-state index in [1.54, 1.807) is 0 Å². The van der Waals surface area contributed by atoms with Crippen LogP contribution in [0.1, 0.15) is 77.2 Å². The molecule has 2 unspecified atom stereocenters. The van der Waals surface area contributed by atoms with Crippen molar-refractivity contribution >= 4 is 5.97 Å². The molecule has 0 radical (unpaired) electrons. The van der Waals surface area contributed by atoms with Crippen molar-refractivity contribution in [2.75, 3.05) is 46.6 Å². The van der Waals surface area contributed by atoms with Crippen LogP contribution >= 0.6 is 0 Å². The van der Waals surface area contributed by atoms with Crippen LogP contribution in [0.3, 0.4) is 0 Å². The quantitative estimate of drug-likeness (QED) is 0.189. The number of ether oxygens (including phenoxy) is 3. The summed E-state index contributed by atoms with van der Waals surface area (Å²) in [7, 11) is 2.16. The van der Waals surface area contributed by atoms with E-state index in [0.717, 1.165) is 49.0 Å². The highest BCUT2D eigenvalue weighted by Gasteiger charge is 2.41. The maximum absolute atomic E-state index is 12.3. The number of carbonyl (C=O) groups is 1. The highest BCUT2D eigenvalue weighted by atomic mass is 16.5. The first kappa shape index (κ1) is 26.7. The van der Waals surface area contributed by atoms with Crippen molar-refractivity contribution < 1.29 is 23.5 Å². The van der Waals surface area contributed by atoms with E-state index in [2.05, 4.69) is 38.2 Å². The number of likely N-dealkylation sites (tertiary alicyclic amines) is 1. The van der Waals surface area contributed by atoms with Gasteiger partial charge < -0.3 is 18.7 Å². The number of carbonyl (C=O) groups excluding carboxylic acids is 1. The summed E-state index contributed by atoms with van der Waals surface area (Å²) in [6, 6.07) is 8.43. The summed E-state index contributed by atoms with van der Waals surface area (Å²) in [6.07, 6.45) is 12.3. The number of aryl methyl sites for hydroxylation is 1. The van der Waals surface area contributed by atoms with Crippen molar-refractivity contribution in [2.24, 2.45) is 0 Å². The van der Waals surface area contributed by atoms with Crippen molar-refractivity contribution in [3.63, 3.8) is 0 Å². The molecule has 1 aromatic rings. The number of benzene rings is 1. The van der Waals surface area contributed by atoms with Gasteiger partial charge in [0.1, 0.15) is 18.9 Å². The molecule has 0 aromatic heterocycles. The Morgan fingerprint density at radius 3 is 2.47 bits per heavy atom. The molecule has 0 spiro atoms. The van der Waals surface area contributed by atoms with Crippen LogP contribution in [0, 0.1) is 0 Å². The number of esters is 1. The summed E-state index contributed by atoms with van der Waals surface area (Å²) in [6.45, 7) is 8.15. The Morgan fingerprint density at radius 1 is 0.969 bits per heavy atom. The molecule has 1 aliphatic rings. The SMILES string of the molecule is CCCCCCCCc1ccc(OCCOCC[N+]2(C)CCCCC2C(=O)OCC)cc1. The number of piperidine rings is 1. The van der Waals surface area contributed by atoms with Crippen LogP contribution in [0.15, 0.2) is 24.3 Å². The maximum Gasteiger partial charge on any atom is 0.364 e. The van der Waals surface area contributed by atoms with Crippen LogP contribution in [0.2, 0.25) is 0 Å². The van der Waals surface area contributed by atoms with Gasteiger partial charge in [0, 0.05) is 6.42 Å². The Bertz CT molecular complexity index is 633. The average Bonchev–Trinajstić information content (AvgIpc) is 2.79. The first-order valence-electron chi connectivity index (χ1n) is 12.9. The monoisotopic (exact) mass is 448 g/mol. The summed E-state index contributed by atoms with van der Waals surface area (Å²) < 4.78 is 17.7.